The van der Waals surface area contributed by atoms with Crippen molar-refractivity contribution in [3.63, 3.8) is 0 Å². The highest BCUT2D eigenvalue weighted by molar-refractivity contribution is 14.0. The van der Waals surface area contributed by atoms with Crippen molar-refractivity contribution in [2.24, 2.45) is 4.99 Å². The molecule has 1 unspecified atom stereocenters. The van der Waals surface area contributed by atoms with Crippen LogP contribution >= 0.6 is 24.0 Å². The third-order valence-electron chi connectivity index (χ3n) is 5.64. The number of nitrogens with zero attached hydrogens (tertiary/aromatic N) is 3. The maximum atomic E-state index is 4.44. The van der Waals surface area contributed by atoms with Crippen LogP contribution in [-0.4, -0.2) is 42.0 Å². The van der Waals surface area contributed by atoms with Gasteiger partial charge in [0.05, 0.1) is 5.52 Å². The molecule has 1 atom stereocenters. The van der Waals surface area contributed by atoms with E-state index in [0.717, 1.165) is 37.7 Å². The molecule has 0 radical (unpaired) electrons. The molecular weight excluding hydrogens is 485 g/mol. The van der Waals surface area contributed by atoms with Gasteiger partial charge in [-0.1, -0.05) is 48.5 Å². The lowest BCUT2D eigenvalue weighted by Gasteiger charge is -2.25. The average Bonchev–Trinajstić information content (AvgIpc) is 3.21. The van der Waals surface area contributed by atoms with Gasteiger partial charge in [0.2, 0.25) is 0 Å². The fourth-order valence-corrected chi connectivity index (χ4v) is 4.08. The fraction of sp³-hybridized carbons (Fsp3) is 0.333. The number of pyridine rings is 1. The van der Waals surface area contributed by atoms with Crippen LogP contribution in [0.25, 0.3) is 10.9 Å². The number of nitrogens with one attached hydrogen (secondary N) is 2. The van der Waals surface area contributed by atoms with Crippen LogP contribution in [-0.2, 0) is 13.1 Å². The van der Waals surface area contributed by atoms with Crippen molar-refractivity contribution >= 4 is 40.8 Å². The number of hydrogen-bond acceptors (Lipinski definition) is 3. The summed E-state index contributed by atoms with van der Waals surface area (Å²) in [7, 11) is 1.83. The molecule has 0 saturated carbocycles. The number of aromatic nitrogens is 1. The fourth-order valence-electron chi connectivity index (χ4n) is 4.08. The van der Waals surface area contributed by atoms with Gasteiger partial charge in [0, 0.05) is 44.3 Å². The number of rotatable bonds is 6. The smallest absolute Gasteiger partial charge is 0.191 e. The molecule has 158 valence electrons. The lowest BCUT2D eigenvalue weighted by Crippen LogP contribution is -2.44. The lowest BCUT2D eigenvalue weighted by atomic mass is 10.1. The van der Waals surface area contributed by atoms with Crippen LogP contribution < -0.4 is 10.6 Å². The Hall–Kier alpha value is -2.19. The number of para-hydroxylation sites is 1. The van der Waals surface area contributed by atoms with E-state index >= 15 is 0 Å². The van der Waals surface area contributed by atoms with E-state index in [2.05, 4.69) is 74.0 Å². The van der Waals surface area contributed by atoms with E-state index in [9.17, 15) is 0 Å². The Morgan fingerprint density at radius 1 is 1.07 bits per heavy atom. The summed E-state index contributed by atoms with van der Waals surface area (Å²) in [5, 5.41) is 8.17. The van der Waals surface area contributed by atoms with Crippen LogP contribution in [0.1, 0.15) is 24.0 Å². The number of fused-ring (bicyclic) bond motifs is 1. The zero-order valence-corrected chi connectivity index (χ0v) is 19.8. The lowest BCUT2D eigenvalue weighted by molar-refractivity contribution is 0.245. The van der Waals surface area contributed by atoms with Gasteiger partial charge in [-0.2, -0.15) is 0 Å². The van der Waals surface area contributed by atoms with E-state index in [4.69, 9.17) is 0 Å². The Morgan fingerprint density at radius 3 is 2.70 bits per heavy atom. The molecule has 0 bridgehead atoms. The van der Waals surface area contributed by atoms with E-state index in [1.165, 1.54) is 29.4 Å². The highest BCUT2D eigenvalue weighted by atomic mass is 127. The van der Waals surface area contributed by atoms with Crippen molar-refractivity contribution < 1.29 is 0 Å². The molecule has 1 fully saturated rings. The van der Waals surface area contributed by atoms with Gasteiger partial charge in [-0.3, -0.25) is 14.9 Å². The maximum Gasteiger partial charge on any atom is 0.191 e. The predicted molar refractivity (Wildman–Crippen MR) is 135 cm³/mol. The first-order chi connectivity index (χ1) is 14.3. The molecular formula is C24H30IN5. The molecule has 1 aliphatic rings. The van der Waals surface area contributed by atoms with Crippen LogP contribution in [0.3, 0.4) is 0 Å². The molecule has 0 amide bonds. The zero-order chi connectivity index (χ0) is 19.9. The molecule has 1 aliphatic heterocycles. The first kappa shape index (κ1) is 22.5. The highest BCUT2D eigenvalue weighted by Crippen LogP contribution is 2.19. The molecule has 6 heteroatoms. The first-order valence-electron chi connectivity index (χ1n) is 10.4. The summed E-state index contributed by atoms with van der Waals surface area (Å²) in [6.07, 6.45) is 4.36. The Morgan fingerprint density at radius 2 is 1.87 bits per heavy atom. The third-order valence-corrected chi connectivity index (χ3v) is 5.64. The van der Waals surface area contributed by atoms with Gasteiger partial charge < -0.3 is 10.6 Å². The van der Waals surface area contributed by atoms with Crippen LogP contribution in [0.5, 0.6) is 0 Å². The molecule has 0 spiro atoms. The van der Waals surface area contributed by atoms with Crippen molar-refractivity contribution in [1.29, 1.82) is 0 Å². The Kier molecular flexibility index (Phi) is 8.45. The topological polar surface area (TPSA) is 52.6 Å². The van der Waals surface area contributed by atoms with Crippen molar-refractivity contribution in [1.82, 2.24) is 20.5 Å². The van der Waals surface area contributed by atoms with E-state index in [-0.39, 0.29) is 24.0 Å². The average molecular weight is 515 g/mol. The quantitative estimate of drug-likeness (QED) is 0.294. The molecule has 2 heterocycles. The van der Waals surface area contributed by atoms with Crippen molar-refractivity contribution in [3.05, 3.63) is 78.0 Å². The predicted octanol–water partition coefficient (Wildman–Crippen LogP) is 4.18. The molecule has 3 aromatic rings. The van der Waals surface area contributed by atoms with Crippen molar-refractivity contribution in [2.75, 3.05) is 20.1 Å². The molecule has 30 heavy (non-hydrogen) atoms. The number of halogens is 1. The monoisotopic (exact) mass is 515 g/mol. The number of likely N-dealkylation sites (tertiary alicyclic amines) is 1. The Labute approximate surface area is 196 Å². The van der Waals surface area contributed by atoms with Crippen LogP contribution in [0.2, 0.25) is 0 Å². The van der Waals surface area contributed by atoms with Gasteiger partial charge >= 0.3 is 0 Å². The van der Waals surface area contributed by atoms with E-state index in [1.54, 1.807) is 0 Å². The standard InChI is InChI=1S/C24H29N5.HI/c1-25-24(27-16-20-13-14-26-23-12-6-5-11-22(20)23)28-17-21-10-7-15-29(21)18-19-8-3-2-4-9-19;/h2-6,8-9,11-14,21H,7,10,15-18H2,1H3,(H2,25,27,28);1H. The molecule has 1 aromatic heterocycles. The number of aliphatic imine (C=N–C) groups is 1. The van der Waals surface area contributed by atoms with Gasteiger partial charge in [0.15, 0.2) is 5.96 Å². The van der Waals surface area contributed by atoms with Crippen LogP contribution in [0.15, 0.2) is 71.9 Å². The summed E-state index contributed by atoms with van der Waals surface area (Å²) in [6, 6.07) is 21.6. The first-order valence-corrected chi connectivity index (χ1v) is 10.4. The largest absolute Gasteiger partial charge is 0.355 e. The molecule has 0 aliphatic carbocycles. The zero-order valence-electron chi connectivity index (χ0n) is 17.4. The molecule has 1 saturated heterocycles. The summed E-state index contributed by atoms with van der Waals surface area (Å²) >= 11 is 0. The van der Waals surface area contributed by atoms with Gasteiger partial charge in [-0.15, -0.1) is 24.0 Å². The number of benzene rings is 2. The summed E-state index contributed by atoms with van der Waals surface area (Å²) in [5.74, 6) is 0.845. The highest BCUT2D eigenvalue weighted by Gasteiger charge is 2.24. The van der Waals surface area contributed by atoms with Gasteiger partial charge in [0.1, 0.15) is 0 Å². The van der Waals surface area contributed by atoms with Gasteiger partial charge in [-0.25, -0.2) is 0 Å². The minimum atomic E-state index is 0. The molecule has 4 rings (SSSR count). The van der Waals surface area contributed by atoms with Gasteiger partial charge in [0.25, 0.3) is 0 Å². The second kappa shape index (κ2) is 11.3. The SMILES string of the molecule is CN=C(NCc1ccnc2ccccc12)NCC1CCCN1Cc1ccccc1.I. The molecule has 2 aromatic carbocycles. The Balaban J connectivity index is 0.00000256. The third kappa shape index (κ3) is 5.70. The minimum Gasteiger partial charge on any atom is -0.355 e. The Bertz CT molecular complexity index is 955. The minimum absolute atomic E-state index is 0. The van der Waals surface area contributed by atoms with Crippen molar-refractivity contribution in [2.45, 2.75) is 32.0 Å². The van der Waals surface area contributed by atoms with Crippen LogP contribution in [0.4, 0.5) is 0 Å². The normalized spacial score (nSPS) is 17.0. The molecule has 5 nitrogen and oxygen atoms in total. The van der Waals surface area contributed by atoms with E-state index in [0.29, 0.717) is 6.04 Å². The summed E-state index contributed by atoms with van der Waals surface area (Å²) in [4.78, 5) is 11.4. The van der Waals surface area contributed by atoms with E-state index < -0.39 is 0 Å². The summed E-state index contributed by atoms with van der Waals surface area (Å²) in [6.45, 7) is 3.81. The summed E-state index contributed by atoms with van der Waals surface area (Å²) < 4.78 is 0. The van der Waals surface area contributed by atoms with Gasteiger partial charge in [-0.05, 0) is 42.6 Å². The number of hydrogen-bond donors (Lipinski definition) is 2. The maximum absolute atomic E-state index is 4.44. The second-order valence-electron chi connectivity index (χ2n) is 7.55. The summed E-state index contributed by atoms with van der Waals surface area (Å²) in [5.41, 5.74) is 3.63. The number of guanidine groups is 1. The van der Waals surface area contributed by atoms with Crippen molar-refractivity contribution in [3.8, 4) is 0 Å². The second-order valence-corrected chi connectivity index (χ2v) is 7.55. The molecule has 2 N–H and O–H groups in total. The van der Waals surface area contributed by atoms with E-state index in [1.807, 2.05) is 25.4 Å². The van der Waals surface area contributed by atoms with Crippen LogP contribution in [0, 0.1) is 0 Å².